The molecule has 1 aromatic rings. The summed E-state index contributed by atoms with van der Waals surface area (Å²) >= 11 is 1.76. The molecule has 1 aromatic heterocycles. The molecule has 0 aliphatic rings. The van der Waals surface area contributed by atoms with Gasteiger partial charge in [-0.05, 0) is 12.3 Å². The van der Waals surface area contributed by atoms with E-state index in [0.717, 1.165) is 19.4 Å². The van der Waals surface area contributed by atoms with E-state index >= 15 is 0 Å². The van der Waals surface area contributed by atoms with Gasteiger partial charge in [-0.15, -0.1) is 11.3 Å². The van der Waals surface area contributed by atoms with E-state index < -0.39 is 0 Å². The van der Waals surface area contributed by atoms with Crippen LogP contribution in [-0.4, -0.2) is 18.7 Å². The van der Waals surface area contributed by atoms with Gasteiger partial charge in [0, 0.05) is 25.5 Å². The molecule has 0 atom stereocenters. The van der Waals surface area contributed by atoms with E-state index in [4.69, 9.17) is 4.74 Å². The number of aryl methyl sites for hydroxylation is 1. The van der Waals surface area contributed by atoms with Crippen LogP contribution in [0.2, 0.25) is 0 Å². The van der Waals surface area contributed by atoms with Gasteiger partial charge in [0.2, 0.25) is 0 Å². The van der Waals surface area contributed by atoms with Crippen molar-refractivity contribution in [2.45, 2.75) is 32.6 Å². The summed E-state index contributed by atoms with van der Waals surface area (Å²) in [5, 5.41) is 3.40. The maximum Gasteiger partial charge on any atom is 0.0929 e. The number of nitrogens with zero attached hydrogens (tertiary/aromatic N) is 1. The molecule has 0 spiro atoms. The Bertz CT molecular complexity index is 245. The molecule has 0 aliphatic heterocycles. The zero-order chi connectivity index (χ0) is 9.68. The molecular formula is C10H17NOS. The highest BCUT2D eigenvalue weighted by Gasteiger charge is 2.04. The molecule has 0 N–H and O–H groups in total. The predicted octanol–water partition coefficient (Wildman–Crippen LogP) is 2.85. The van der Waals surface area contributed by atoms with Gasteiger partial charge in [0.1, 0.15) is 0 Å². The fourth-order valence-electron chi connectivity index (χ4n) is 1.07. The van der Waals surface area contributed by atoms with Crippen LogP contribution < -0.4 is 0 Å². The van der Waals surface area contributed by atoms with Crippen molar-refractivity contribution in [1.82, 2.24) is 4.98 Å². The van der Waals surface area contributed by atoms with Crippen LogP contribution in [-0.2, 0) is 11.2 Å². The van der Waals surface area contributed by atoms with Gasteiger partial charge in [0.15, 0.2) is 0 Å². The van der Waals surface area contributed by atoms with Crippen molar-refractivity contribution in [2.24, 2.45) is 0 Å². The molecule has 0 amide bonds. The van der Waals surface area contributed by atoms with Crippen LogP contribution in [0.1, 0.15) is 36.9 Å². The summed E-state index contributed by atoms with van der Waals surface area (Å²) in [6, 6.07) is 0. The first-order chi connectivity index (χ1) is 6.24. The fourth-order valence-corrected chi connectivity index (χ4v) is 2.07. The topological polar surface area (TPSA) is 22.1 Å². The van der Waals surface area contributed by atoms with Gasteiger partial charge < -0.3 is 4.74 Å². The smallest absolute Gasteiger partial charge is 0.0929 e. The van der Waals surface area contributed by atoms with Crippen molar-refractivity contribution in [1.29, 1.82) is 0 Å². The number of ether oxygens (including phenoxy) is 1. The van der Waals surface area contributed by atoms with Crippen LogP contribution in [0.25, 0.3) is 0 Å². The van der Waals surface area contributed by atoms with Crippen molar-refractivity contribution in [3.63, 3.8) is 0 Å². The quantitative estimate of drug-likeness (QED) is 0.680. The van der Waals surface area contributed by atoms with E-state index in [9.17, 15) is 0 Å². The van der Waals surface area contributed by atoms with E-state index in [2.05, 4.69) is 24.2 Å². The second kappa shape index (κ2) is 5.35. The van der Waals surface area contributed by atoms with Crippen LogP contribution >= 0.6 is 11.3 Å². The maximum absolute atomic E-state index is 4.99. The lowest BCUT2D eigenvalue weighted by Gasteiger charge is -1.97. The normalized spacial score (nSPS) is 11.1. The molecular weight excluding hydrogens is 182 g/mol. The molecule has 0 unspecified atom stereocenters. The number of thiazole rings is 1. The van der Waals surface area contributed by atoms with Crippen molar-refractivity contribution in [3.05, 3.63) is 16.1 Å². The third kappa shape index (κ3) is 3.44. The van der Waals surface area contributed by atoms with Crippen LogP contribution in [0.3, 0.4) is 0 Å². The molecule has 0 bridgehead atoms. The van der Waals surface area contributed by atoms with E-state index in [1.807, 2.05) is 0 Å². The molecule has 74 valence electrons. The maximum atomic E-state index is 4.99. The van der Waals surface area contributed by atoms with E-state index in [1.54, 1.807) is 18.4 Å². The van der Waals surface area contributed by atoms with Crippen LogP contribution in [0.4, 0.5) is 0 Å². The van der Waals surface area contributed by atoms with Crippen LogP contribution in [0.5, 0.6) is 0 Å². The van der Waals surface area contributed by atoms with Gasteiger partial charge in [-0.2, -0.15) is 0 Å². The van der Waals surface area contributed by atoms with Crippen molar-refractivity contribution in [2.75, 3.05) is 13.7 Å². The Morgan fingerprint density at radius 2 is 2.31 bits per heavy atom. The lowest BCUT2D eigenvalue weighted by molar-refractivity contribution is 0.195. The van der Waals surface area contributed by atoms with Gasteiger partial charge in [-0.1, -0.05) is 13.8 Å². The van der Waals surface area contributed by atoms with E-state index in [0.29, 0.717) is 5.92 Å². The first-order valence-electron chi connectivity index (χ1n) is 4.67. The number of aromatic nitrogens is 1. The minimum Gasteiger partial charge on any atom is -0.385 e. The molecule has 1 heterocycles. The summed E-state index contributed by atoms with van der Waals surface area (Å²) in [6.45, 7) is 5.18. The average Bonchev–Trinajstić information content (AvgIpc) is 2.53. The molecule has 2 nitrogen and oxygen atoms in total. The summed E-state index contributed by atoms with van der Waals surface area (Å²) in [4.78, 5) is 4.54. The predicted molar refractivity (Wildman–Crippen MR) is 56.4 cm³/mol. The van der Waals surface area contributed by atoms with Crippen molar-refractivity contribution in [3.8, 4) is 0 Å². The Morgan fingerprint density at radius 3 is 2.85 bits per heavy atom. The summed E-state index contributed by atoms with van der Waals surface area (Å²) < 4.78 is 4.99. The highest BCUT2D eigenvalue weighted by molar-refractivity contribution is 7.09. The lowest BCUT2D eigenvalue weighted by Crippen LogP contribution is -1.93. The molecule has 1 rings (SSSR count). The molecule has 0 saturated carbocycles. The summed E-state index contributed by atoms with van der Waals surface area (Å²) in [5.74, 6) is 0.549. The Balaban J connectivity index is 2.40. The summed E-state index contributed by atoms with van der Waals surface area (Å²) in [5.41, 5.74) is 1.22. The molecule has 3 heteroatoms. The van der Waals surface area contributed by atoms with E-state index in [-0.39, 0.29) is 0 Å². The van der Waals surface area contributed by atoms with Crippen molar-refractivity contribution >= 4 is 11.3 Å². The second-order valence-corrected chi connectivity index (χ2v) is 4.36. The molecule has 0 saturated heterocycles. The number of hydrogen-bond acceptors (Lipinski definition) is 3. The number of hydrogen-bond donors (Lipinski definition) is 0. The molecule has 13 heavy (non-hydrogen) atoms. The zero-order valence-electron chi connectivity index (χ0n) is 8.54. The largest absolute Gasteiger partial charge is 0.385 e. The van der Waals surface area contributed by atoms with Gasteiger partial charge in [-0.3, -0.25) is 0 Å². The SMILES string of the molecule is COCCCc1nc(C(C)C)cs1. The fraction of sp³-hybridized carbons (Fsp3) is 0.700. The summed E-state index contributed by atoms with van der Waals surface area (Å²) in [6.07, 6.45) is 2.12. The van der Waals surface area contributed by atoms with Gasteiger partial charge in [0.05, 0.1) is 10.7 Å². The first-order valence-corrected chi connectivity index (χ1v) is 5.55. The Hall–Kier alpha value is -0.410. The first kappa shape index (κ1) is 10.7. The zero-order valence-corrected chi connectivity index (χ0v) is 9.36. The monoisotopic (exact) mass is 199 g/mol. The van der Waals surface area contributed by atoms with Crippen LogP contribution in [0, 0.1) is 0 Å². The standard InChI is InChI=1S/C10H17NOS/c1-8(2)9-7-13-10(11-9)5-4-6-12-3/h7-8H,4-6H2,1-3H3. The Labute approximate surface area is 84.0 Å². The molecule has 0 fully saturated rings. The van der Waals surface area contributed by atoms with Gasteiger partial charge in [0.25, 0.3) is 0 Å². The molecule has 0 aromatic carbocycles. The highest BCUT2D eigenvalue weighted by atomic mass is 32.1. The number of rotatable bonds is 5. The Morgan fingerprint density at radius 1 is 1.54 bits per heavy atom. The van der Waals surface area contributed by atoms with Crippen LogP contribution in [0.15, 0.2) is 5.38 Å². The Kier molecular flexibility index (Phi) is 4.39. The third-order valence-electron chi connectivity index (χ3n) is 1.90. The minimum atomic E-state index is 0.549. The number of methoxy groups -OCH3 is 1. The van der Waals surface area contributed by atoms with Crippen molar-refractivity contribution < 1.29 is 4.74 Å². The molecule has 0 aliphatic carbocycles. The third-order valence-corrected chi connectivity index (χ3v) is 2.83. The van der Waals surface area contributed by atoms with Gasteiger partial charge in [-0.25, -0.2) is 4.98 Å². The summed E-state index contributed by atoms with van der Waals surface area (Å²) in [7, 11) is 1.74. The minimum absolute atomic E-state index is 0.549. The van der Waals surface area contributed by atoms with Gasteiger partial charge >= 0.3 is 0 Å². The average molecular weight is 199 g/mol. The highest BCUT2D eigenvalue weighted by Crippen LogP contribution is 2.18. The van der Waals surface area contributed by atoms with E-state index in [1.165, 1.54) is 10.7 Å². The lowest BCUT2D eigenvalue weighted by atomic mass is 10.2. The molecule has 0 radical (unpaired) electrons. The second-order valence-electron chi connectivity index (χ2n) is 3.42.